The van der Waals surface area contributed by atoms with Gasteiger partial charge in [-0.05, 0) is 30.9 Å². The van der Waals surface area contributed by atoms with Crippen LogP contribution in [0.3, 0.4) is 0 Å². The lowest BCUT2D eigenvalue weighted by molar-refractivity contribution is -0.111. The summed E-state index contributed by atoms with van der Waals surface area (Å²) in [6.45, 7) is 2.29. The first kappa shape index (κ1) is 9.83. The molecule has 0 N–H and O–H groups in total. The van der Waals surface area contributed by atoms with Gasteiger partial charge in [0.1, 0.15) is 0 Å². The largest absolute Gasteiger partial charge is 0.289 e. The second kappa shape index (κ2) is 3.31. The molecule has 3 aliphatic rings. The van der Waals surface area contributed by atoms with Crippen molar-refractivity contribution in [1.29, 1.82) is 0 Å². The van der Waals surface area contributed by atoms with E-state index in [1.54, 1.807) is 6.08 Å². The highest BCUT2D eigenvalue weighted by Crippen LogP contribution is 2.51. The summed E-state index contributed by atoms with van der Waals surface area (Å²) in [7, 11) is 0. The molecule has 0 bridgehead atoms. The fraction of sp³-hybridized carbons (Fsp3) is 0.400. The van der Waals surface area contributed by atoms with Crippen LogP contribution in [0.25, 0.3) is 0 Å². The Morgan fingerprint density at radius 2 is 2.06 bits per heavy atom. The van der Waals surface area contributed by atoms with E-state index in [2.05, 4.69) is 19.1 Å². The zero-order chi connectivity index (χ0) is 11.2. The van der Waals surface area contributed by atoms with Gasteiger partial charge in [-0.1, -0.05) is 43.2 Å². The third kappa shape index (κ3) is 1.21. The van der Waals surface area contributed by atoms with Gasteiger partial charge in [-0.3, -0.25) is 4.79 Å². The molecular weight excluding hydrogens is 196 g/mol. The second-order valence-corrected chi connectivity index (χ2v) is 5.12. The van der Waals surface area contributed by atoms with Crippen molar-refractivity contribution in [2.24, 2.45) is 5.41 Å². The lowest BCUT2D eigenvalue weighted by Crippen LogP contribution is -2.31. The van der Waals surface area contributed by atoms with Crippen molar-refractivity contribution in [2.45, 2.75) is 32.6 Å². The molecule has 0 aromatic rings. The summed E-state index contributed by atoms with van der Waals surface area (Å²) in [5.41, 5.74) is 3.80. The molecule has 3 rings (SSSR count). The van der Waals surface area contributed by atoms with Crippen molar-refractivity contribution < 1.29 is 4.79 Å². The lowest BCUT2D eigenvalue weighted by atomic mass is 9.62. The Balaban J connectivity index is 2.15. The lowest BCUT2D eigenvalue weighted by Gasteiger charge is -2.42. The Bertz CT molecular complexity index is 474. The average Bonchev–Trinajstić information content (AvgIpc) is 2.29. The minimum absolute atomic E-state index is 0.128. The van der Waals surface area contributed by atoms with Crippen LogP contribution >= 0.6 is 0 Å². The van der Waals surface area contributed by atoms with Crippen molar-refractivity contribution >= 4 is 5.78 Å². The number of hydrogen-bond acceptors (Lipinski definition) is 1. The van der Waals surface area contributed by atoms with Crippen LogP contribution in [-0.4, -0.2) is 5.78 Å². The molecule has 0 spiro atoms. The standard InChI is InChI=1S/C15H16O/c1-15-10-3-2-5-11(15)8-9-12-13(15)6-4-7-14(12)16/h4,6-9H,2-3,5,10H2,1H3/t15-/m1/s1. The van der Waals surface area contributed by atoms with Crippen LogP contribution in [0.15, 0.2) is 47.1 Å². The summed E-state index contributed by atoms with van der Waals surface area (Å²) in [5, 5.41) is 0. The smallest absolute Gasteiger partial charge is 0.186 e. The van der Waals surface area contributed by atoms with E-state index in [9.17, 15) is 4.79 Å². The summed E-state index contributed by atoms with van der Waals surface area (Å²) >= 11 is 0. The molecule has 1 atom stereocenters. The van der Waals surface area contributed by atoms with E-state index in [-0.39, 0.29) is 11.2 Å². The highest BCUT2D eigenvalue weighted by atomic mass is 16.1. The zero-order valence-corrected chi connectivity index (χ0v) is 9.62. The topological polar surface area (TPSA) is 17.1 Å². The predicted molar refractivity (Wildman–Crippen MR) is 65.0 cm³/mol. The van der Waals surface area contributed by atoms with E-state index in [1.165, 1.54) is 36.8 Å². The third-order valence-corrected chi connectivity index (χ3v) is 4.19. The first-order chi connectivity index (χ1) is 7.72. The van der Waals surface area contributed by atoms with Crippen LogP contribution in [0.4, 0.5) is 0 Å². The number of hydrogen-bond donors (Lipinski definition) is 0. The second-order valence-electron chi connectivity index (χ2n) is 5.12. The first-order valence-electron chi connectivity index (χ1n) is 6.07. The molecule has 1 saturated carbocycles. The Kier molecular flexibility index (Phi) is 2.03. The molecule has 1 nitrogen and oxygen atoms in total. The van der Waals surface area contributed by atoms with E-state index in [4.69, 9.17) is 0 Å². The van der Waals surface area contributed by atoms with Crippen molar-refractivity contribution in [3.63, 3.8) is 0 Å². The van der Waals surface area contributed by atoms with E-state index in [0.29, 0.717) is 0 Å². The number of rotatable bonds is 0. The molecule has 82 valence electrons. The van der Waals surface area contributed by atoms with Crippen molar-refractivity contribution in [1.82, 2.24) is 0 Å². The van der Waals surface area contributed by atoms with Crippen molar-refractivity contribution in [2.75, 3.05) is 0 Å². The van der Waals surface area contributed by atoms with Gasteiger partial charge >= 0.3 is 0 Å². The molecule has 0 heterocycles. The molecule has 1 heteroatoms. The van der Waals surface area contributed by atoms with E-state index in [1.807, 2.05) is 12.2 Å². The Morgan fingerprint density at radius 1 is 1.19 bits per heavy atom. The molecule has 0 amide bonds. The van der Waals surface area contributed by atoms with Crippen molar-refractivity contribution in [3.05, 3.63) is 47.1 Å². The molecule has 0 aromatic heterocycles. The summed E-state index contributed by atoms with van der Waals surface area (Å²) in [6, 6.07) is 0. The van der Waals surface area contributed by atoms with Gasteiger partial charge < -0.3 is 0 Å². The van der Waals surface area contributed by atoms with Gasteiger partial charge in [-0.2, -0.15) is 0 Å². The summed E-state index contributed by atoms with van der Waals surface area (Å²) in [5.74, 6) is 0.166. The molecule has 3 aliphatic carbocycles. The Hall–Kier alpha value is -1.37. The summed E-state index contributed by atoms with van der Waals surface area (Å²) in [6.07, 6.45) is 14.8. The predicted octanol–water partition coefficient (Wildman–Crippen LogP) is 3.50. The maximum atomic E-state index is 11.8. The minimum atomic E-state index is 0.128. The molecular formula is C15H16O. The van der Waals surface area contributed by atoms with E-state index >= 15 is 0 Å². The third-order valence-electron chi connectivity index (χ3n) is 4.19. The van der Waals surface area contributed by atoms with Crippen LogP contribution < -0.4 is 0 Å². The number of carbonyl (C=O) groups excluding carboxylic acids is 1. The van der Waals surface area contributed by atoms with Gasteiger partial charge in [0.2, 0.25) is 0 Å². The number of allylic oxidation sites excluding steroid dienone is 8. The molecule has 0 aliphatic heterocycles. The van der Waals surface area contributed by atoms with Gasteiger partial charge in [0, 0.05) is 11.0 Å². The van der Waals surface area contributed by atoms with Crippen LogP contribution in [0, 0.1) is 5.41 Å². The van der Waals surface area contributed by atoms with Gasteiger partial charge in [0.05, 0.1) is 0 Å². The van der Waals surface area contributed by atoms with Crippen LogP contribution in [0.1, 0.15) is 32.6 Å². The molecule has 1 fully saturated rings. The first-order valence-corrected chi connectivity index (χ1v) is 6.07. The molecule has 0 aromatic carbocycles. The fourth-order valence-corrected chi connectivity index (χ4v) is 3.19. The van der Waals surface area contributed by atoms with Gasteiger partial charge in [0.15, 0.2) is 5.78 Å². The maximum Gasteiger partial charge on any atom is 0.186 e. The van der Waals surface area contributed by atoms with Gasteiger partial charge in [0.25, 0.3) is 0 Å². The Labute approximate surface area is 96.2 Å². The van der Waals surface area contributed by atoms with E-state index < -0.39 is 0 Å². The zero-order valence-electron chi connectivity index (χ0n) is 9.62. The molecule has 0 unspecified atom stereocenters. The molecule has 0 radical (unpaired) electrons. The van der Waals surface area contributed by atoms with Gasteiger partial charge in [-0.15, -0.1) is 0 Å². The van der Waals surface area contributed by atoms with Crippen LogP contribution in [0.5, 0.6) is 0 Å². The quantitative estimate of drug-likeness (QED) is 0.600. The number of fused-ring (bicyclic) bond motifs is 3. The SMILES string of the molecule is C[C@@]12CCCCC1=CC=C1C(=O)C=CC=C12. The normalized spacial score (nSPS) is 32.3. The van der Waals surface area contributed by atoms with Crippen LogP contribution in [0.2, 0.25) is 0 Å². The van der Waals surface area contributed by atoms with Crippen molar-refractivity contribution in [3.8, 4) is 0 Å². The summed E-state index contributed by atoms with van der Waals surface area (Å²) < 4.78 is 0. The highest BCUT2D eigenvalue weighted by molar-refractivity contribution is 6.09. The minimum Gasteiger partial charge on any atom is -0.289 e. The monoisotopic (exact) mass is 212 g/mol. The Morgan fingerprint density at radius 3 is 2.94 bits per heavy atom. The van der Waals surface area contributed by atoms with E-state index in [0.717, 1.165) is 5.57 Å². The number of ketones is 1. The average molecular weight is 212 g/mol. The maximum absolute atomic E-state index is 11.8. The highest BCUT2D eigenvalue weighted by Gasteiger charge is 2.39. The van der Waals surface area contributed by atoms with Gasteiger partial charge in [-0.25, -0.2) is 0 Å². The fourth-order valence-electron chi connectivity index (χ4n) is 3.19. The summed E-state index contributed by atoms with van der Waals surface area (Å²) in [4.78, 5) is 11.8. The molecule has 16 heavy (non-hydrogen) atoms. The van der Waals surface area contributed by atoms with Crippen LogP contribution in [-0.2, 0) is 4.79 Å². The molecule has 0 saturated heterocycles. The number of carbonyl (C=O) groups is 1.